The van der Waals surface area contributed by atoms with E-state index in [9.17, 15) is 29.7 Å². The van der Waals surface area contributed by atoms with Crippen LogP contribution in [0.25, 0.3) is 33.4 Å². The van der Waals surface area contributed by atoms with Crippen molar-refractivity contribution < 1.29 is 29.7 Å². The van der Waals surface area contributed by atoms with E-state index < -0.39 is 17.9 Å². The second-order valence-electron chi connectivity index (χ2n) is 8.24. The highest BCUT2D eigenvalue weighted by Gasteiger charge is 2.18. The number of hydrogen-bond acceptors (Lipinski definition) is 3. The molecule has 4 aromatic rings. The molecule has 0 atom stereocenters. The van der Waals surface area contributed by atoms with Gasteiger partial charge in [0.1, 0.15) is 0 Å². The molecule has 6 heteroatoms. The Kier molecular flexibility index (Phi) is 6.21. The van der Waals surface area contributed by atoms with Gasteiger partial charge in [-0.25, -0.2) is 14.4 Å². The van der Waals surface area contributed by atoms with Crippen LogP contribution in [0.5, 0.6) is 0 Å². The molecular formula is C29H22O6. The molecule has 35 heavy (non-hydrogen) atoms. The molecule has 0 aliphatic rings. The lowest BCUT2D eigenvalue weighted by atomic mass is 9.84. The zero-order chi connectivity index (χ0) is 25.3. The Morgan fingerprint density at radius 3 is 1.06 bits per heavy atom. The van der Waals surface area contributed by atoms with Crippen molar-refractivity contribution in [1.82, 2.24) is 0 Å². The molecule has 4 rings (SSSR count). The first kappa shape index (κ1) is 23.4. The molecule has 0 amide bonds. The molecule has 6 nitrogen and oxygen atoms in total. The van der Waals surface area contributed by atoms with Gasteiger partial charge in [-0.15, -0.1) is 0 Å². The standard InChI is InChI=1S/C29H22O6/c1-16-24(18-3-9-21(10-4-18)27(30)31)15-25(19-5-11-22(12-6-19)28(32)33)17(2)26(16)20-7-13-23(14-8-20)29(34)35/h3-15H,1-2H3,(H,30,31)(H,32,33)(H,34,35). The van der Waals surface area contributed by atoms with Crippen LogP contribution in [0, 0.1) is 13.8 Å². The maximum absolute atomic E-state index is 11.3. The van der Waals surface area contributed by atoms with E-state index in [0.29, 0.717) is 0 Å². The minimum atomic E-state index is -1.00. The zero-order valence-corrected chi connectivity index (χ0v) is 19.1. The molecule has 0 aliphatic heterocycles. The minimum Gasteiger partial charge on any atom is -0.478 e. The van der Waals surface area contributed by atoms with Crippen molar-refractivity contribution >= 4 is 17.9 Å². The Morgan fingerprint density at radius 2 is 0.771 bits per heavy atom. The summed E-state index contributed by atoms with van der Waals surface area (Å²) < 4.78 is 0. The number of benzene rings is 4. The molecule has 0 saturated carbocycles. The maximum Gasteiger partial charge on any atom is 0.335 e. The summed E-state index contributed by atoms with van der Waals surface area (Å²) in [6.45, 7) is 3.95. The fraction of sp³-hybridized carbons (Fsp3) is 0.0690. The van der Waals surface area contributed by atoms with Crippen molar-refractivity contribution in [2.45, 2.75) is 13.8 Å². The van der Waals surface area contributed by atoms with E-state index in [1.807, 2.05) is 19.9 Å². The van der Waals surface area contributed by atoms with E-state index in [4.69, 9.17) is 0 Å². The van der Waals surface area contributed by atoms with Crippen LogP contribution in [0.3, 0.4) is 0 Å². The molecule has 0 radical (unpaired) electrons. The summed E-state index contributed by atoms with van der Waals surface area (Å²) >= 11 is 0. The number of carboxylic acid groups (broad SMARTS) is 3. The van der Waals surface area contributed by atoms with E-state index in [1.165, 1.54) is 0 Å². The molecule has 0 heterocycles. The second kappa shape index (κ2) is 9.27. The molecule has 0 bridgehead atoms. The molecule has 4 aromatic carbocycles. The van der Waals surface area contributed by atoms with Crippen molar-refractivity contribution in [2.75, 3.05) is 0 Å². The maximum atomic E-state index is 11.3. The molecule has 0 unspecified atom stereocenters. The van der Waals surface area contributed by atoms with Gasteiger partial charge in [0.05, 0.1) is 16.7 Å². The highest BCUT2D eigenvalue weighted by Crippen LogP contribution is 2.40. The highest BCUT2D eigenvalue weighted by atomic mass is 16.4. The lowest BCUT2D eigenvalue weighted by Gasteiger charge is -2.20. The smallest absolute Gasteiger partial charge is 0.335 e. The van der Waals surface area contributed by atoms with Crippen LogP contribution in [-0.2, 0) is 0 Å². The Balaban J connectivity index is 1.96. The van der Waals surface area contributed by atoms with Gasteiger partial charge in [0.25, 0.3) is 0 Å². The number of carbonyl (C=O) groups is 3. The summed E-state index contributed by atoms with van der Waals surface area (Å²) in [5, 5.41) is 27.8. The largest absolute Gasteiger partial charge is 0.478 e. The quantitative estimate of drug-likeness (QED) is 0.303. The highest BCUT2D eigenvalue weighted by molar-refractivity contribution is 5.93. The summed E-state index contributed by atoms with van der Waals surface area (Å²) in [5.74, 6) is -3.01. The van der Waals surface area contributed by atoms with E-state index in [-0.39, 0.29) is 16.7 Å². The summed E-state index contributed by atoms with van der Waals surface area (Å²) in [7, 11) is 0. The first-order valence-electron chi connectivity index (χ1n) is 10.8. The number of rotatable bonds is 6. The Hall–Kier alpha value is -4.71. The molecule has 0 saturated heterocycles. The zero-order valence-electron chi connectivity index (χ0n) is 19.1. The Labute approximate surface area is 201 Å². The van der Waals surface area contributed by atoms with Gasteiger partial charge in [0.2, 0.25) is 0 Å². The van der Waals surface area contributed by atoms with Gasteiger partial charge in [-0.1, -0.05) is 36.4 Å². The molecule has 3 N–H and O–H groups in total. The molecule has 0 aliphatic carbocycles. The third-order valence-corrected chi connectivity index (χ3v) is 6.15. The average Bonchev–Trinajstić information content (AvgIpc) is 2.85. The van der Waals surface area contributed by atoms with Gasteiger partial charge in [-0.05, 0) is 101 Å². The van der Waals surface area contributed by atoms with Crippen molar-refractivity contribution in [3.8, 4) is 33.4 Å². The van der Waals surface area contributed by atoms with Gasteiger partial charge >= 0.3 is 17.9 Å². The van der Waals surface area contributed by atoms with Crippen LogP contribution in [0.1, 0.15) is 42.2 Å². The van der Waals surface area contributed by atoms with Crippen molar-refractivity contribution in [3.63, 3.8) is 0 Å². The third kappa shape index (κ3) is 4.54. The van der Waals surface area contributed by atoms with E-state index in [2.05, 4.69) is 0 Å². The topological polar surface area (TPSA) is 112 Å². The lowest BCUT2D eigenvalue weighted by Crippen LogP contribution is -2.00. The third-order valence-electron chi connectivity index (χ3n) is 6.15. The normalized spacial score (nSPS) is 10.7. The van der Waals surface area contributed by atoms with Crippen molar-refractivity contribution in [3.05, 3.63) is 107 Å². The summed E-state index contributed by atoms with van der Waals surface area (Å²) in [6, 6.07) is 21.9. The average molecular weight is 466 g/mol. The van der Waals surface area contributed by atoms with Crippen LogP contribution in [0.2, 0.25) is 0 Å². The Morgan fingerprint density at radius 1 is 0.486 bits per heavy atom. The number of aromatic carboxylic acids is 3. The van der Waals surface area contributed by atoms with Gasteiger partial charge in [0, 0.05) is 0 Å². The Bertz CT molecular complexity index is 1370. The van der Waals surface area contributed by atoms with Gasteiger partial charge < -0.3 is 15.3 Å². The summed E-state index contributed by atoms with van der Waals surface area (Å²) in [5.41, 5.74) is 7.70. The van der Waals surface area contributed by atoms with Crippen molar-refractivity contribution in [1.29, 1.82) is 0 Å². The van der Waals surface area contributed by atoms with Crippen LogP contribution in [-0.4, -0.2) is 33.2 Å². The van der Waals surface area contributed by atoms with Gasteiger partial charge in [-0.2, -0.15) is 0 Å². The van der Waals surface area contributed by atoms with Crippen molar-refractivity contribution in [2.24, 2.45) is 0 Å². The number of hydrogen-bond donors (Lipinski definition) is 3. The van der Waals surface area contributed by atoms with E-state index >= 15 is 0 Å². The fourth-order valence-corrected chi connectivity index (χ4v) is 4.31. The minimum absolute atomic E-state index is 0.187. The second-order valence-corrected chi connectivity index (χ2v) is 8.24. The summed E-state index contributed by atoms with van der Waals surface area (Å²) in [4.78, 5) is 33.9. The first-order valence-corrected chi connectivity index (χ1v) is 10.8. The molecular weight excluding hydrogens is 444 g/mol. The molecule has 0 aromatic heterocycles. The van der Waals surface area contributed by atoms with Gasteiger partial charge in [0.15, 0.2) is 0 Å². The van der Waals surface area contributed by atoms with Crippen LogP contribution in [0.4, 0.5) is 0 Å². The molecule has 0 fully saturated rings. The molecule has 174 valence electrons. The fourth-order valence-electron chi connectivity index (χ4n) is 4.31. The van der Waals surface area contributed by atoms with Crippen LogP contribution < -0.4 is 0 Å². The molecule has 0 spiro atoms. The van der Waals surface area contributed by atoms with E-state index in [1.54, 1.807) is 72.8 Å². The number of carboxylic acids is 3. The van der Waals surface area contributed by atoms with Gasteiger partial charge in [-0.3, -0.25) is 0 Å². The summed E-state index contributed by atoms with van der Waals surface area (Å²) in [6.07, 6.45) is 0. The first-order chi connectivity index (χ1) is 16.7. The van der Waals surface area contributed by atoms with Crippen LogP contribution >= 0.6 is 0 Å². The SMILES string of the molecule is Cc1c(-c2ccc(C(=O)O)cc2)cc(-c2ccc(C(=O)O)cc2)c(C)c1-c1ccc(C(=O)O)cc1. The monoisotopic (exact) mass is 466 g/mol. The predicted molar refractivity (Wildman–Crippen MR) is 133 cm³/mol. The van der Waals surface area contributed by atoms with Crippen LogP contribution in [0.15, 0.2) is 78.9 Å². The van der Waals surface area contributed by atoms with E-state index in [0.717, 1.165) is 44.5 Å². The lowest BCUT2D eigenvalue weighted by molar-refractivity contribution is 0.0686. The predicted octanol–water partition coefficient (Wildman–Crippen LogP) is 6.40.